The Morgan fingerprint density at radius 1 is 1.44 bits per heavy atom. The molecule has 2 unspecified atom stereocenters. The van der Waals surface area contributed by atoms with Crippen molar-refractivity contribution >= 4 is 5.78 Å². The molecule has 2 fully saturated rings. The van der Waals surface area contributed by atoms with Crippen molar-refractivity contribution in [2.75, 3.05) is 6.54 Å². The van der Waals surface area contributed by atoms with Gasteiger partial charge in [-0.2, -0.15) is 0 Å². The Labute approximate surface area is 107 Å². The number of hydrogen-bond donors (Lipinski definition) is 1. The number of hydrogen-bond acceptors (Lipinski definition) is 3. The number of phenolic OH excluding ortho intramolecular Hbond substituents is 1. The monoisotopic (exact) mass is 245 g/mol. The summed E-state index contributed by atoms with van der Waals surface area (Å²) in [6, 6.07) is 5.86. The van der Waals surface area contributed by atoms with Gasteiger partial charge in [0.05, 0.1) is 0 Å². The third-order valence-electron chi connectivity index (χ3n) is 4.38. The zero-order valence-corrected chi connectivity index (χ0v) is 10.7. The molecule has 1 N–H and O–H groups in total. The number of carbonyl (C=O) groups excluding carboxylic acids is 1. The molecular formula is C15H19NO2. The van der Waals surface area contributed by atoms with E-state index < -0.39 is 0 Å². The molecule has 2 bridgehead atoms. The SMILES string of the molecule is CC(=O)c1ccc(O)c(CN2CC3CCC2C3)c1. The van der Waals surface area contributed by atoms with Crippen molar-refractivity contribution in [2.24, 2.45) is 5.92 Å². The lowest BCUT2D eigenvalue weighted by Gasteiger charge is -2.27. The molecule has 1 aromatic rings. The summed E-state index contributed by atoms with van der Waals surface area (Å²) in [5.74, 6) is 1.22. The van der Waals surface area contributed by atoms with Gasteiger partial charge in [0, 0.05) is 30.3 Å². The van der Waals surface area contributed by atoms with Crippen molar-refractivity contribution in [2.45, 2.75) is 38.8 Å². The lowest BCUT2D eigenvalue weighted by Crippen LogP contribution is -2.31. The first-order chi connectivity index (χ1) is 8.63. The average Bonchev–Trinajstić information content (AvgIpc) is 2.93. The second kappa shape index (κ2) is 4.39. The average molecular weight is 245 g/mol. The Bertz CT molecular complexity index is 483. The Morgan fingerprint density at radius 2 is 2.28 bits per heavy atom. The van der Waals surface area contributed by atoms with Crippen LogP contribution in [0.2, 0.25) is 0 Å². The number of carbonyl (C=O) groups is 1. The van der Waals surface area contributed by atoms with Gasteiger partial charge in [-0.05, 0) is 50.3 Å². The second-order valence-electron chi connectivity index (χ2n) is 5.66. The van der Waals surface area contributed by atoms with E-state index in [1.165, 1.54) is 19.3 Å². The lowest BCUT2D eigenvalue weighted by atomic mass is 10.0. The molecular weight excluding hydrogens is 226 g/mol. The number of likely N-dealkylation sites (tertiary alicyclic amines) is 1. The van der Waals surface area contributed by atoms with Gasteiger partial charge in [0.1, 0.15) is 5.75 Å². The van der Waals surface area contributed by atoms with Crippen LogP contribution in [0, 0.1) is 5.92 Å². The van der Waals surface area contributed by atoms with Crippen LogP contribution in [0.4, 0.5) is 0 Å². The molecule has 0 amide bonds. The summed E-state index contributed by atoms with van der Waals surface area (Å²) >= 11 is 0. The van der Waals surface area contributed by atoms with Gasteiger partial charge < -0.3 is 5.11 Å². The van der Waals surface area contributed by atoms with Crippen molar-refractivity contribution in [3.63, 3.8) is 0 Å². The first-order valence-corrected chi connectivity index (χ1v) is 6.70. The highest BCUT2D eigenvalue weighted by Crippen LogP contribution is 2.38. The number of phenols is 1. The third-order valence-corrected chi connectivity index (χ3v) is 4.38. The Morgan fingerprint density at radius 3 is 2.89 bits per heavy atom. The molecule has 0 aromatic heterocycles. The Hall–Kier alpha value is -1.35. The number of ketones is 1. The lowest BCUT2D eigenvalue weighted by molar-refractivity contribution is 0.101. The minimum absolute atomic E-state index is 0.0548. The smallest absolute Gasteiger partial charge is 0.159 e. The van der Waals surface area contributed by atoms with Crippen LogP contribution >= 0.6 is 0 Å². The van der Waals surface area contributed by atoms with Gasteiger partial charge in [-0.3, -0.25) is 9.69 Å². The van der Waals surface area contributed by atoms with Crippen molar-refractivity contribution in [1.82, 2.24) is 4.90 Å². The molecule has 3 rings (SSSR count). The van der Waals surface area contributed by atoms with Crippen LogP contribution in [0.1, 0.15) is 42.1 Å². The van der Waals surface area contributed by atoms with Crippen LogP contribution in [0.5, 0.6) is 5.75 Å². The standard InChI is InChI=1S/C15H19NO2/c1-10(17)12-3-5-15(18)13(7-12)9-16-8-11-2-4-14(16)6-11/h3,5,7,11,14,18H,2,4,6,8-9H2,1H3. The molecule has 3 nitrogen and oxygen atoms in total. The number of Topliss-reactive ketones (excluding diaryl/α,β-unsaturated/α-hetero) is 1. The first kappa shape index (κ1) is 11.7. The second-order valence-corrected chi connectivity index (χ2v) is 5.66. The van der Waals surface area contributed by atoms with Crippen molar-refractivity contribution in [1.29, 1.82) is 0 Å². The highest BCUT2D eigenvalue weighted by molar-refractivity contribution is 5.94. The normalized spacial score (nSPS) is 26.7. The van der Waals surface area contributed by atoms with E-state index in [-0.39, 0.29) is 5.78 Å². The zero-order chi connectivity index (χ0) is 12.7. The fourth-order valence-corrected chi connectivity index (χ4v) is 3.37. The predicted molar refractivity (Wildman–Crippen MR) is 69.7 cm³/mol. The van der Waals surface area contributed by atoms with Gasteiger partial charge in [-0.25, -0.2) is 0 Å². The molecule has 1 saturated heterocycles. The van der Waals surface area contributed by atoms with Crippen LogP contribution in [0.15, 0.2) is 18.2 Å². The first-order valence-electron chi connectivity index (χ1n) is 6.70. The van der Waals surface area contributed by atoms with E-state index in [2.05, 4.69) is 4.90 Å². The van der Waals surface area contributed by atoms with Crippen LogP contribution in [-0.4, -0.2) is 28.4 Å². The van der Waals surface area contributed by atoms with E-state index in [0.717, 1.165) is 24.6 Å². The maximum Gasteiger partial charge on any atom is 0.159 e. The fraction of sp³-hybridized carbons (Fsp3) is 0.533. The number of aromatic hydroxyl groups is 1. The van der Waals surface area contributed by atoms with Crippen molar-refractivity contribution in [3.05, 3.63) is 29.3 Å². The number of piperidine rings is 1. The predicted octanol–water partition coefficient (Wildman–Crippen LogP) is 2.58. The van der Waals surface area contributed by atoms with Gasteiger partial charge in [-0.15, -0.1) is 0 Å². The highest BCUT2D eigenvalue weighted by Gasteiger charge is 2.37. The number of benzene rings is 1. The van der Waals surface area contributed by atoms with E-state index in [9.17, 15) is 9.90 Å². The van der Waals surface area contributed by atoms with Gasteiger partial charge in [0.15, 0.2) is 5.78 Å². The Balaban J connectivity index is 1.79. The molecule has 1 aromatic carbocycles. The number of rotatable bonds is 3. The maximum absolute atomic E-state index is 11.4. The minimum Gasteiger partial charge on any atom is -0.508 e. The maximum atomic E-state index is 11.4. The molecule has 0 radical (unpaired) electrons. The van der Waals surface area contributed by atoms with E-state index in [0.29, 0.717) is 17.4 Å². The van der Waals surface area contributed by atoms with Crippen molar-refractivity contribution < 1.29 is 9.90 Å². The van der Waals surface area contributed by atoms with Gasteiger partial charge in [0.2, 0.25) is 0 Å². The largest absolute Gasteiger partial charge is 0.508 e. The fourth-order valence-electron chi connectivity index (χ4n) is 3.37. The molecule has 1 aliphatic heterocycles. The van der Waals surface area contributed by atoms with Crippen LogP contribution in [-0.2, 0) is 6.54 Å². The summed E-state index contributed by atoms with van der Waals surface area (Å²) in [5.41, 5.74) is 1.57. The molecule has 1 saturated carbocycles. The van der Waals surface area contributed by atoms with E-state index in [1.54, 1.807) is 19.1 Å². The van der Waals surface area contributed by atoms with Crippen LogP contribution in [0.25, 0.3) is 0 Å². The highest BCUT2D eigenvalue weighted by atomic mass is 16.3. The van der Waals surface area contributed by atoms with E-state index in [4.69, 9.17) is 0 Å². The summed E-state index contributed by atoms with van der Waals surface area (Å²) < 4.78 is 0. The molecule has 1 heterocycles. The molecule has 2 atom stereocenters. The van der Waals surface area contributed by atoms with E-state index in [1.807, 2.05) is 6.07 Å². The van der Waals surface area contributed by atoms with Gasteiger partial charge >= 0.3 is 0 Å². The zero-order valence-electron chi connectivity index (χ0n) is 10.7. The van der Waals surface area contributed by atoms with Crippen molar-refractivity contribution in [3.8, 4) is 5.75 Å². The summed E-state index contributed by atoms with van der Waals surface area (Å²) in [6.45, 7) is 3.48. The topological polar surface area (TPSA) is 40.5 Å². The van der Waals surface area contributed by atoms with Gasteiger partial charge in [0.25, 0.3) is 0 Å². The molecule has 0 spiro atoms. The Kier molecular flexibility index (Phi) is 2.86. The summed E-state index contributed by atoms with van der Waals surface area (Å²) in [4.78, 5) is 13.8. The van der Waals surface area contributed by atoms with Gasteiger partial charge in [-0.1, -0.05) is 0 Å². The van der Waals surface area contributed by atoms with Crippen LogP contribution in [0.3, 0.4) is 0 Å². The molecule has 96 valence electrons. The minimum atomic E-state index is 0.0548. The molecule has 2 aliphatic rings. The quantitative estimate of drug-likeness (QED) is 0.832. The van der Waals surface area contributed by atoms with Crippen LogP contribution < -0.4 is 0 Å². The molecule has 3 heteroatoms. The third kappa shape index (κ3) is 2.03. The number of fused-ring (bicyclic) bond motifs is 2. The molecule has 18 heavy (non-hydrogen) atoms. The molecule has 1 aliphatic carbocycles. The summed E-state index contributed by atoms with van der Waals surface area (Å²) in [6.07, 6.45) is 3.96. The summed E-state index contributed by atoms with van der Waals surface area (Å²) in [7, 11) is 0. The summed E-state index contributed by atoms with van der Waals surface area (Å²) in [5, 5.41) is 9.91. The number of nitrogens with zero attached hydrogens (tertiary/aromatic N) is 1. The van der Waals surface area contributed by atoms with E-state index >= 15 is 0 Å².